The van der Waals surface area contributed by atoms with Crippen LogP contribution in [0.3, 0.4) is 0 Å². The van der Waals surface area contributed by atoms with E-state index in [2.05, 4.69) is 15.6 Å². The summed E-state index contributed by atoms with van der Waals surface area (Å²) < 4.78 is 5.42. The van der Waals surface area contributed by atoms with Crippen LogP contribution in [0.4, 0.5) is 16.2 Å². The van der Waals surface area contributed by atoms with Gasteiger partial charge < -0.3 is 20.0 Å². The van der Waals surface area contributed by atoms with Crippen molar-refractivity contribution >= 4 is 17.4 Å². The van der Waals surface area contributed by atoms with E-state index in [0.717, 1.165) is 43.1 Å². The maximum atomic E-state index is 12.3. The summed E-state index contributed by atoms with van der Waals surface area (Å²) in [7, 11) is 0. The maximum absolute atomic E-state index is 12.3. The van der Waals surface area contributed by atoms with E-state index >= 15 is 0 Å². The van der Waals surface area contributed by atoms with Crippen molar-refractivity contribution in [2.45, 2.75) is 39.2 Å². The van der Waals surface area contributed by atoms with Gasteiger partial charge in [0, 0.05) is 31.4 Å². The first-order chi connectivity index (χ1) is 11.7. The highest BCUT2D eigenvalue weighted by atomic mass is 16.4. The van der Waals surface area contributed by atoms with Crippen molar-refractivity contribution < 1.29 is 9.21 Å². The molecule has 0 spiro atoms. The Balaban J connectivity index is 1.51. The van der Waals surface area contributed by atoms with Gasteiger partial charge in [0.1, 0.15) is 5.76 Å². The summed E-state index contributed by atoms with van der Waals surface area (Å²) >= 11 is 0. The van der Waals surface area contributed by atoms with Gasteiger partial charge in [0.25, 0.3) is 0 Å². The van der Waals surface area contributed by atoms with Gasteiger partial charge >= 0.3 is 6.03 Å². The largest absolute Gasteiger partial charge is 0.444 e. The van der Waals surface area contributed by atoms with E-state index in [-0.39, 0.29) is 6.03 Å². The molecule has 0 bridgehead atoms. The molecule has 2 N–H and O–H groups in total. The number of amides is 2. The van der Waals surface area contributed by atoms with Crippen LogP contribution in [-0.2, 0) is 6.54 Å². The summed E-state index contributed by atoms with van der Waals surface area (Å²) in [5.41, 5.74) is 1.78. The minimum atomic E-state index is -0.00487. The summed E-state index contributed by atoms with van der Waals surface area (Å²) in [5, 5.41) is 6.24. The first kappa shape index (κ1) is 16.4. The number of urea groups is 1. The molecular weight excluding hydrogens is 304 g/mol. The first-order valence-corrected chi connectivity index (χ1v) is 8.52. The van der Waals surface area contributed by atoms with Crippen molar-refractivity contribution in [1.29, 1.82) is 0 Å². The Labute approximate surface area is 142 Å². The number of likely N-dealkylation sites (tertiary alicyclic amines) is 1. The van der Waals surface area contributed by atoms with Crippen molar-refractivity contribution in [3.8, 4) is 0 Å². The zero-order valence-electron chi connectivity index (χ0n) is 14.0. The molecule has 1 fully saturated rings. The average molecular weight is 328 g/mol. The van der Waals surface area contributed by atoms with Gasteiger partial charge in [0.15, 0.2) is 5.89 Å². The van der Waals surface area contributed by atoms with Gasteiger partial charge in [-0.1, -0.05) is 12.8 Å². The molecule has 2 heterocycles. The fraction of sp³-hybridized carbons (Fsp3) is 0.444. The SMILES string of the molecule is Cc1ncc(CNc2ccc(NC(=O)N3CCCCCC3)cc2)o1. The second-order valence-electron chi connectivity index (χ2n) is 6.11. The fourth-order valence-corrected chi connectivity index (χ4v) is 2.82. The maximum Gasteiger partial charge on any atom is 0.321 e. The molecule has 0 radical (unpaired) electrons. The number of rotatable bonds is 4. The lowest BCUT2D eigenvalue weighted by Gasteiger charge is -2.20. The van der Waals surface area contributed by atoms with Crippen LogP contribution in [0.15, 0.2) is 34.9 Å². The number of oxazole rings is 1. The van der Waals surface area contributed by atoms with Crippen molar-refractivity contribution in [2.24, 2.45) is 0 Å². The van der Waals surface area contributed by atoms with Crippen LogP contribution in [-0.4, -0.2) is 29.0 Å². The predicted molar refractivity (Wildman–Crippen MR) is 94.1 cm³/mol. The van der Waals surface area contributed by atoms with E-state index < -0.39 is 0 Å². The lowest BCUT2D eigenvalue weighted by atomic mass is 10.2. The van der Waals surface area contributed by atoms with Gasteiger partial charge in [-0.25, -0.2) is 9.78 Å². The van der Waals surface area contributed by atoms with Crippen LogP contribution in [0.2, 0.25) is 0 Å². The van der Waals surface area contributed by atoms with E-state index in [1.807, 2.05) is 36.1 Å². The Hall–Kier alpha value is -2.50. The van der Waals surface area contributed by atoms with Crippen LogP contribution < -0.4 is 10.6 Å². The summed E-state index contributed by atoms with van der Waals surface area (Å²) in [6.45, 7) is 4.11. The van der Waals surface area contributed by atoms with Crippen LogP contribution in [0.1, 0.15) is 37.3 Å². The lowest BCUT2D eigenvalue weighted by Crippen LogP contribution is -2.35. The highest BCUT2D eigenvalue weighted by Crippen LogP contribution is 2.16. The van der Waals surface area contributed by atoms with Gasteiger partial charge in [-0.15, -0.1) is 0 Å². The predicted octanol–water partition coefficient (Wildman–Crippen LogP) is 4.00. The normalized spacial score (nSPS) is 15.0. The molecule has 2 aromatic rings. The number of carbonyl (C=O) groups is 1. The summed E-state index contributed by atoms with van der Waals surface area (Å²) in [6.07, 6.45) is 6.34. The van der Waals surface area contributed by atoms with E-state index in [0.29, 0.717) is 12.4 Å². The molecule has 0 aliphatic carbocycles. The van der Waals surface area contributed by atoms with E-state index in [1.54, 1.807) is 6.20 Å². The summed E-state index contributed by atoms with van der Waals surface area (Å²) in [4.78, 5) is 18.3. The summed E-state index contributed by atoms with van der Waals surface area (Å²) in [5.74, 6) is 1.46. The minimum Gasteiger partial charge on any atom is -0.444 e. The second-order valence-corrected chi connectivity index (χ2v) is 6.11. The molecule has 6 heteroatoms. The smallest absolute Gasteiger partial charge is 0.321 e. The number of aromatic nitrogens is 1. The molecule has 2 amide bonds. The van der Waals surface area contributed by atoms with Gasteiger partial charge in [0.05, 0.1) is 12.7 Å². The molecule has 6 nitrogen and oxygen atoms in total. The average Bonchev–Trinajstić information content (AvgIpc) is 2.84. The number of carbonyl (C=O) groups excluding carboxylic acids is 1. The lowest BCUT2D eigenvalue weighted by molar-refractivity contribution is 0.214. The fourth-order valence-electron chi connectivity index (χ4n) is 2.82. The van der Waals surface area contributed by atoms with Gasteiger partial charge in [-0.2, -0.15) is 0 Å². The second kappa shape index (κ2) is 7.86. The third-order valence-electron chi connectivity index (χ3n) is 4.17. The Morgan fingerprint density at radius 3 is 2.42 bits per heavy atom. The van der Waals surface area contributed by atoms with Crippen molar-refractivity contribution in [3.63, 3.8) is 0 Å². The Morgan fingerprint density at radius 1 is 1.12 bits per heavy atom. The van der Waals surface area contributed by atoms with Crippen LogP contribution in [0.5, 0.6) is 0 Å². The number of hydrogen-bond donors (Lipinski definition) is 2. The Kier molecular flexibility index (Phi) is 5.36. The molecule has 128 valence electrons. The number of hydrogen-bond acceptors (Lipinski definition) is 4. The highest BCUT2D eigenvalue weighted by Gasteiger charge is 2.15. The molecule has 1 aromatic carbocycles. The van der Waals surface area contributed by atoms with Crippen molar-refractivity contribution in [1.82, 2.24) is 9.88 Å². The number of anilines is 2. The van der Waals surface area contributed by atoms with Gasteiger partial charge in [0.2, 0.25) is 0 Å². The van der Waals surface area contributed by atoms with Gasteiger partial charge in [-0.05, 0) is 37.1 Å². The third kappa shape index (κ3) is 4.50. The third-order valence-corrected chi connectivity index (χ3v) is 4.17. The van der Waals surface area contributed by atoms with Gasteiger partial charge in [-0.3, -0.25) is 0 Å². The number of nitrogens with one attached hydrogen (secondary N) is 2. The Bertz CT molecular complexity index is 658. The number of aryl methyl sites for hydroxylation is 1. The Morgan fingerprint density at radius 2 is 1.79 bits per heavy atom. The molecule has 1 aromatic heterocycles. The molecule has 1 saturated heterocycles. The summed E-state index contributed by atoms with van der Waals surface area (Å²) in [6, 6.07) is 7.70. The molecule has 0 unspecified atom stereocenters. The number of benzene rings is 1. The van der Waals surface area contributed by atoms with Crippen molar-refractivity contribution in [2.75, 3.05) is 23.7 Å². The molecule has 1 aliphatic heterocycles. The standard InChI is InChI=1S/C18H24N4O2/c1-14-19-12-17(24-14)13-20-15-6-8-16(9-7-15)21-18(23)22-10-4-2-3-5-11-22/h6-9,12,20H,2-5,10-11,13H2,1H3,(H,21,23). The molecular formula is C18H24N4O2. The first-order valence-electron chi connectivity index (χ1n) is 8.52. The molecule has 3 rings (SSSR count). The van der Waals surface area contributed by atoms with Crippen LogP contribution in [0.25, 0.3) is 0 Å². The number of nitrogens with zero attached hydrogens (tertiary/aromatic N) is 2. The highest BCUT2D eigenvalue weighted by molar-refractivity contribution is 5.89. The monoisotopic (exact) mass is 328 g/mol. The molecule has 0 saturated carbocycles. The minimum absolute atomic E-state index is 0.00487. The topological polar surface area (TPSA) is 70.4 Å². The van der Waals surface area contributed by atoms with Crippen LogP contribution in [0, 0.1) is 6.92 Å². The van der Waals surface area contributed by atoms with E-state index in [9.17, 15) is 4.79 Å². The van der Waals surface area contributed by atoms with E-state index in [4.69, 9.17) is 4.42 Å². The van der Waals surface area contributed by atoms with Crippen molar-refractivity contribution in [3.05, 3.63) is 42.1 Å². The quantitative estimate of drug-likeness (QED) is 0.890. The molecule has 24 heavy (non-hydrogen) atoms. The molecule has 0 atom stereocenters. The zero-order valence-corrected chi connectivity index (χ0v) is 14.0. The van der Waals surface area contributed by atoms with E-state index in [1.165, 1.54) is 12.8 Å². The zero-order chi connectivity index (χ0) is 16.8. The molecule has 1 aliphatic rings. The van der Waals surface area contributed by atoms with Crippen LogP contribution >= 0.6 is 0 Å².